The number of rotatable bonds is 2. The number of hydrogen-bond donors (Lipinski definition) is 2. The van der Waals surface area contributed by atoms with Gasteiger partial charge in [0.05, 0.1) is 6.04 Å². The van der Waals surface area contributed by atoms with Crippen LogP contribution in [0.1, 0.15) is 20.3 Å². The molecule has 2 N–H and O–H groups in total. The van der Waals surface area contributed by atoms with Crippen LogP contribution in [0.4, 0.5) is 0 Å². The highest BCUT2D eigenvalue weighted by Crippen LogP contribution is 2.19. The molecule has 1 amide bonds. The van der Waals surface area contributed by atoms with E-state index < -0.39 is 5.91 Å². The number of aliphatic hydroxyl groups is 1. The summed E-state index contributed by atoms with van der Waals surface area (Å²) in [7, 11) is 0. The number of nitriles is 1. The van der Waals surface area contributed by atoms with Crippen LogP contribution in [0, 0.1) is 17.2 Å². The van der Waals surface area contributed by atoms with Gasteiger partial charge in [-0.3, -0.25) is 4.79 Å². The van der Waals surface area contributed by atoms with Crippen molar-refractivity contribution in [2.45, 2.75) is 26.3 Å². The van der Waals surface area contributed by atoms with Crippen molar-refractivity contribution < 1.29 is 9.90 Å². The lowest BCUT2D eigenvalue weighted by molar-refractivity contribution is -0.116. The molecular formula is C9H12N2O2. The molecule has 0 bridgehead atoms. The first-order chi connectivity index (χ1) is 6.06. The summed E-state index contributed by atoms with van der Waals surface area (Å²) in [5, 5.41) is 20.5. The summed E-state index contributed by atoms with van der Waals surface area (Å²) >= 11 is 0. The van der Waals surface area contributed by atoms with Crippen LogP contribution in [0.2, 0.25) is 0 Å². The SMILES string of the molecule is CC(C)CC1NC(=O)C(C#N)=C1O. The molecule has 0 aliphatic carbocycles. The maximum absolute atomic E-state index is 11.1. The normalized spacial score (nSPS) is 22.0. The number of aliphatic hydroxyl groups excluding tert-OH is 1. The molecule has 1 aliphatic heterocycles. The fourth-order valence-electron chi connectivity index (χ4n) is 1.34. The zero-order valence-corrected chi connectivity index (χ0v) is 7.66. The topological polar surface area (TPSA) is 73.1 Å². The fourth-order valence-corrected chi connectivity index (χ4v) is 1.34. The van der Waals surface area contributed by atoms with Gasteiger partial charge in [-0.2, -0.15) is 5.26 Å². The van der Waals surface area contributed by atoms with Gasteiger partial charge in [0.1, 0.15) is 11.8 Å². The van der Waals surface area contributed by atoms with E-state index in [0.29, 0.717) is 12.3 Å². The second kappa shape index (κ2) is 3.48. The number of nitrogens with zero attached hydrogens (tertiary/aromatic N) is 1. The van der Waals surface area contributed by atoms with Crippen LogP contribution >= 0.6 is 0 Å². The Bertz CT molecular complexity index is 299. The minimum atomic E-state index is -0.467. The smallest absolute Gasteiger partial charge is 0.266 e. The second-order valence-corrected chi connectivity index (χ2v) is 3.53. The van der Waals surface area contributed by atoms with Crippen LogP contribution in [-0.2, 0) is 4.79 Å². The molecule has 4 heteroatoms. The van der Waals surface area contributed by atoms with Gasteiger partial charge in [-0.15, -0.1) is 0 Å². The Balaban J connectivity index is 2.80. The number of carbonyl (C=O) groups is 1. The van der Waals surface area contributed by atoms with Gasteiger partial charge in [0.25, 0.3) is 5.91 Å². The minimum Gasteiger partial charge on any atom is -0.509 e. The maximum atomic E-state index is 11.1. The largest absolute Gasteiger partial charge is 0.509 e. The number of hydrogen-bond acceptors (Lipinski definition) is 3. The van der Waals surface area contributed by atoms with Gasteiger partial charge < -0.3 is 10.4 Å². The van der Waals surface area contributed by atoms with Gasteiger partial charge >= 0.3 is 0 Å². The van der Waals surface area contributed by atoms with E-state index in [1.165, 1.54) is 0 Å². The molecule has 1 unspecified atom stereocenters. The molecule has 13 heavy (non-hydrogen) atoms. The van der Waals surface area contributed by atoms with Crippen molar-refractivity contribution in [2.24, 2.45) is 5.92 Å². The fraction of sp³-hybridized carbons (Fsp3) is 0.556. The highest BCUT2D eigenvalue weighted by molar-refractivity contribution is 6.00. The van der Waals surface area contributed by atoms with E-state index in [2.05, 4.69) is 5.32 Å². The van der Waals surface area contributed by atoms with Crippen molar-refractivity contribution in [1.29, 1.82) is 5.26 Å². The summed E-state index contributed by atoms with van der Waals surface area (Å²) < 4.78 is 0. The van der Waals surface area contributed by atoms with E-state index in [9.17, 15) is 9.90 Å². The maximum Gasteiger partial charge on any atom is 0.266 e. The first-order valence-corrected chi connectivity index (χ1v) is 4.20. The zero-order valence-electron chi connectivity index (χ0n) is 7.66. The van der Waals surface area contributed by atoms with Gasteiger partial charge in [-0.05, 0) is 12.3 Å². The Hall–Kier alpha value is -1.50. The van der Waals surface area contributed by atoms with Crippen molar-refractivity contribution in [3.05, 3.63) is 11.3 Å². The summed E-state index contributed by atoms with van der Waals surface area (Å²) in [5.74, 6) is -0.211. The molecular weight excluding hydrogens is 168 g/mol. The lowest BCUT2D eigenvalue weighted by atomic mass is 10.0. The molecule has 0 fully saturated rings. The van der Waals surface area contributed by atoms with Gasteiger partial charge in [0, 0.05) is 0 Å². The van der Waals surface area contributed by atoms with E-state index in [4.69, 9.17) is 5.26 Å². The number of nitrogens with one attached hydrogen (secondary N) is 1. The van der Waals surface area contributed by atoms with Crippen LogP contribution < -0.4 is 5.32 Å². The van der Waals surface area contributed by atoms with E-state index in [1.54, 1.807) is 6.07 Å². The van der Waals surface area contributed by atoms with Crippen LogP contribution in [0.25, 0.3) is 0 Å². The van der Waals surface area contributed by atoms with Gasteiger partial charge in [-0.25, -0.2) is 0 Å². The van der Waals surface area contributed by atoms with Gasteiger partial charge in [0.15, 0.2) is 5.57 Å². The van der Waals surface area contributed by atoms with Crippen molar-refractivity contribution >= 4 is 5.91 Å². The molecule has 0 saturated heterocycles. The van der Waals surface area contributed by atoms with Gasteiger partial charge in [-0.1, -0.05) is 13.8 Å². The van der Waals surface area contributed by atoms with Crippen LogP contribution in [0.15, 0.2) is 11.3 Å². The van der Waals surface area contributed by atoms with Crippen LogP contribution in [0.3, 0.4) is 0 Å². The summed E-state index contributed by atoms with van der Waals surface area (Å²) in [4.78, 5) is 11.1. The van der Waals surface area contributed by atoms with Crippen molar-refractivity contribution in [2.75, 3.05) is 0 Å². The summed E-state index contributed by atoms with van der Waals surface area (Å²) in [6, 6.07) is 1.31. The molecule has 0 saturated carbocycles. The summed E-state index contributed by atoms with van der Waals surface area (Å²) in [6.07, 6.45) is 0.656. The van der Waals surface area contributed by atoms with E-state index in [1.807, 2.05) is 13.8 Å². The van der Waals surface area contributed by atoms with Crippen LogP contribution in [-0.4, -0.2) is 17.1 Å². The molecule has 1 atom stereocenters. The number of carbonyl (C=O) groups excluding carboxylic acids is 1. The van der Waals surface area contributed by atoms with Crippen molar-refractivity contribution in [1.82, 2.24) is 5.32 Å². The Labute approximate surface area is 76.9 Å². The molecule has 1 heterocycles. The Kier molecular flexibility index (Phi) is 2.57. The number of amides is 1. The first kappa shape index (κ1) is 9.59. The molecule has 70 valence electrons. The lowest BCUT2D eigenvalue weighted by Gasteiger charge is -2.12. The molecule has 1 aliphatic rings. The third-order valence-electron chi connectivity index (χ3n) is 1.94. The third kappa shape index (κ3) is 1.81. The third-order valence-corrected chi connectivity index (χ3v) is 1.94. The average Bonchev–Trinajstić information content (AvgIpc) is 2.26. The predicted molar refractivity (Wildman–Crippen MR) is 46.7 cm³/mol. The summed E-state index contributed by atoms with van der Waals surface area (Å²) in [6.45, 7) is 3.98. The standard InChI is InChI=1S/C9H12N2O2/c1-5(2)3-7-8(12)6(4-10)9(13)11-7/h5,7,12H,3H2,1-2H3,(H,11,13). The lowest BCUT2D eigenvalue weighted by Crippen LogP contribution is -2.30. The van der Waals surface area contributed by atoms with Gasteiger partial charge in [0.2, 0.25) is 0 Å². The highest BCUT2D eigenvalue weighted by Gasteiger charge is 2.31. The molecule has 0 aromatic rings. The molecule has 0 radical (unpaired) electrons. The average molecular weight is 180 g/mol. The van der Waals surface area contributed by atoms with Crippen molar-refractivity contribution in [3.63, 3.8) is 0 Å². The highest BCUT2D eigenvalue weighted by atomic mass is 16.3. The zero-order chi connectivity index (χ0) is 10.0. The van der Waals surface area contributed by atoms with Crippen LogP contribution in [0.5, 0.6) is 0 Å². The first-order valence-electron chi connectivity index (χ1n) is 4.20. The van der Waals surface area contributed by atoms with E-state index in [0.717, 1.165) is 0 Å². The minimum absolute atomic E-state index is 0.110. The van der Waals surface area contributed by atoms with E-state index >= 15 is 0 Å². The monoisotopic (exact) mass is 180 g/mol. The second-order valence-electron chi connectivity index (χ2n) is 3.53. The quantitative estimate of drug-likeness (QED) is 0.662. The predicted octanol–water partition coefficient (Wildman–Crippen LogP) is 0.867. The van der Waals surface area contributed by atoms with E-state index in [-0.39, 0.29) is 17.4 Å². The van der Waals surface area contributed by atoms with Crippen molar-refractivity contribution in [3.8, 4) is 6.07 Å². The Morgan fingerprint density at radius 2 is 2.31 bits per heavy atom. The Morgan fingerprint density at radius 1 is 1.69 bits per heavy atom. The molecule has 0 spiro atoms. The molecule has 0 aromatic heterocycles. The molecule has 4 nitrogen and oxygen atoms in total. The molecule has 0 aromatic carbocycles. The molecule has 1 rings (SSSR count). The summed E-state index contributed by atoms with van der Waals surface area (Å²) in [5.41, 5.74) is -0.148. The Morgan fingerprint density at radius 3 is 2.69 bits per heavy atom.